The molecule has 0 amide bonds. The molecule has 1 heterocycles. The van der Waals surface area contributed by atoms with Crippen molar-refractivity contribution in [1.29, 1.82) is 0 Å². The zero-order valence-corrected chi connectivity index (χ0v) is 17.0. The molecule has 0 bridgehead atoms. The third-order valence-electron chi connectivity index (χ3n) is 5.55. The predicted molar refractivity (Wildman–Crippen MR) is 124 cm³/mol. The molecule has 4 aromatic carbocycles. The molecule has 0 unspecified atom stereocenters. The van der Waals surface area contributed by atoms with E-state index < -0.39 is 0 Å². The van der Waals surface area contributed by atoms with E-state index in [4.69, 9.17) is 4.74 Å². The molecule has 0 atom stereocenters. The van der Waals surface area contributed by atoms with Crippen molar-refractivity contribution < 1.29 is 4.74 Å². The number of hydrogen-bond donors (Lipinski definition) is 0. The molecule has 0 aliphatic heterocycles. The van der Waals surface area contributed by atoms with Crippen molar-refractivity contribution in [2.24, 2.45) is 0 Å². The number of ether oxygens (including phenoxy) is 1. The molecule has 5 aromatic rings. The zero-order valence-electron chi connectivity index (χ0n) is 16.2. The van der Waals surface area contributed by atoms with E-state index in [2.05, 4.69) is 73.7 Å². The summed E-state index contributed by atoms with van der Waals surface area (Å²) in [5.74, 6) is 1.06. The van der Waals surface area contributed by atoms with Gasteiger partial charge in [-0.05, 0) is 40.8 Å². The average Bonchev–Trinajstić information content (AvgIpc) is 3.08. The Kier molecular flexibility index (Phi) is 4.66. The van der Waals surface area contributed by atoms with Crippen LogP contribution in [0.2, 0.25) is 0 Å². The number of thiophene rings is 1. The summed E-state index contributed by atoms with van der Waals surface area (Å²) in [5.41, 5.74) is 0. The van der Waals surface area contributed by atoms with Gasteiger partial charge in [0.1, 0.15) is 5.75 Å². The Hall–Kier alpha value is -2.58. The van der Waals surface area contributed by atoms with Crippen molar-refractivity contribution in [3.8, 4) is 5.75 Å². The van der Waals surface area contributed by atoms with E-state index in [-0.39, 0.29) is 0 Å². The molecule has 1 aromatic heterocycles. The molecule has 0 radical (unpaired) electrons. The minimum absolute atomic E-state index is 0.791. The second-order valence-corrected chi connectivity index (χ2v) is 8.56. The second-order valence-electron chi connectivity index (χ2n) is 7.51. The van der Waals surface area contributed by atoms with Crippen LogP contribution in [0.25, 0.3) is 41.7 Å². The largest absolute Gasteiger partial charge is 0.491 e. The maximum absolute atomic E-state index is 6.42. The highest BCUT2D eigenvalue weighted by atomic mass is 32.1. The summed E-state index contributed by atoms with van der Waals surface area (Å²) in [6.07, 6.45) is 4.89. The minimum Gasteiger partial charge on any atom is -0.491 e. The van der Waals surface area contributed by atoms with Gasteiger partial charge in [0, 0.05) is 20.9 Å². The van der Waals surface area contributed by atoms with Crippen molar-refractivity contribution in [3.63, 3.8) is 0 Å². The molecule has 0 saturated carbocycles. The van der Waals surface area contributed by atoms with Crippen LogP contribution in [0, 0.1) is 0 Å². The maximum Gasteiger partial charge on any atom is 0.144 e. The Labute approximate surface area is 169 Å². The normalized spacial score (nSPS) is 11.8. The summed E-state index contributed by atoms with van der Waals surface area (Å²) in [7, 11) is 0. The van der Waals surface area contributed by atoms with Crippen LogP contribution in [0.1, 0.15) is 32.6 Å². The Bertz CT molecular complexity index is 1280. The fourth-order valence-corrected chi connectivity index (χ4v) is 5.29. The van der Waals surface area contributed by atoms with E-state index in [1.54, 1.807) is 0 Å². The van der Waals surface area contributed by atoms with Gasteiger partial charge in [0.25, 0.3) is 0 Å². The van der Waals surface area contributed by atoms with Crippen LogP contribution in [0.15, 0.2) is 66.7 Å². The zero-order chi connectivity index (χ0) is 18.9. The van der Waals surface area contributed by atoms with Gasteiger partial charge in [-0.25, -0.2) is 0 Å². The van der Waals surface area contributed by atoms with Crippen LogP contribution in [0.3, 0.4) is 0 Å². The van der Waals surface area contributed by atoms with Crippen LogP contribution >= 0.6 is 11.3 Å². The van der Waals surface area contributed by atoms with Crippen LogP contribution in [0.5, 0.6) is 5.75 Å². The maximum atomic E-state index is 6.42. The highest BCUT2D eigenvalue weighted by Gasteiger charge is 2.15. The first-order valence-corrected chi connectivity index (χ1v) is 11.1. The Morgan fingerprint density at radius 2 is 1.43 bits per heavy atom. The van der Waals surface area contributed by atoms with E-state index in [1.165, 1.54) is 61.0 Å². The van der Waals surface area contributed by atoms with Gasteiger partial charge in [-0.2, -0.15) is 0 Å². The topological polar surface area (TPSA) is 9.23 Å². The molecule has 2 heteroatoms. The fourth-order valence-electron chi connectivity index (χ4n) is 4.07. The first kappa shape index (κ1) is 17.5. The molecular formula is C26H24OS. The highest BCUT2D eigenvalue weighted by molar-refractivity contribution is 7.26. The highest BCUT2D eigenvalue weighted by Crippen LogP contribution is 2.44. The molecule has 0 aliphatic carbocycles. The number of rotatable bonds is 6. The van der Waals surface area contributed by atoms with E-state index in [0.29, 0.717) is 0 Å². The van der Waals surface area contributed by atoms with Gasteiger partial charge >= 0.3 is 0 Å². The van der Waals surface area contributed by atoms with Crippen LogP contribution < -0.4 is 4.74 Å². The lowest BCUT2D eigenvalue weighted by molar-refractivity contribution is 0.312. The van der Waals surface area contributed by atoms with Crippen molar-refractivity contribution in [2.75, 3.05) is 6.61 Å². The molecule has 1 nitrogen and oxygen atoms in total. The predicted octanol–water partition coefficient (Wildman–Crippen LogP) is 8.32. The van der Waals surface area contributed by atoms with Crippen LogP contribution in [-0.4, -0.2) is 6.61 Å². The Morgan fingerprint density at radius 3 is 2.25 bits per heavy atom. The molecule has 0 spiro atoms. The van der Waals surface area contributed by atoms with E-state index >= 15 is 0 Å². The quantitative estimate of drug-likeness (QED) is 0.267. The third-order valence-corrected chi connectivity index (χ3v) is 6.72. The monoisotopic (exact) mass is 384 g/mol. The van der Waals surface area contributed by atoms with Gasteiger partial charge in [0.05, 0.1) is 11.3 Å². The van der Waals surface area contributed by atoms with Crippen LogP contribution in [0.4, 0.5) is 0 Å². The lowest BCUT2D eigenvalue weighted by atomic mass is 10.0. The summed E-state index contributed by atoms with van der Waals surface area (Å²) < 4.78 is 9.03. The molecule has 140 valence electrons. The number of hydrogen-bond acceptors (Lipinski definition) is 2. The van der Waals surface area contributed by atoms with Gasteiger partial charge in [-0.1, -0.05) is 74.7 Å². The molecule has 0 aliphatic rings. The number of unbranched alkanes of at least 4 members (excludes halogenated alkanes) is 3. The molecule has 0 saturated heterocycles. The summed E-state index contributed by atoms with van der Waals surface area (Å²) >= 11 is 1.86. The van der Waals surface area contributed by atoms with Gasteiger partial charge in [-0.15, -0.1) is 11.3 Å². The molecule has 0 fully saturated rings. The summed E-state index contributed by atoms with van der Waals surface area (Å²) in [6.45, 7) is 3.04. The lowest BCUT2D eigenvalue weighted by Crippen LogP contribution is -1.98. The Morgan fingerprint density at radius 1 is 0.714 bits per heavy atom. The number of benzene rings is 4. The van der Waals surface area contributed by atoms with E-state index in [0.717, 1.165) is 18.8 Å². The van der Waals surface area contributed by atoms with Gasteiger partial charge in [0.2, 0.25) is 0 Å². The first-order chi connectivity index (χ1) is 13.8. The Balaban J connectivity index is 1.70. The molecule has 28 heavy (non-hydrogen) atoms. The molecule has 5 rings (SSSR count). The summed E-state index contributed by atoms with van der Waals surface area (Å²) in [6, 6.07) is 24.2. The lowest BCUT2D eigenvalue weighted by Gasteiger charge is -2.11. The van der Waals surface area contributed by atoms with Crippen molar-refractivity contribution in [1.82, 2.24) is 0 Å². The van der Waals surface area contributed by atoms with Gasteiger partial charge in [-0.3, -0.25) is 0 Å². The second kappa shape index (κ2) is 7.44. The van der Waals surface area contributed by atoms with Gasteiger partial charge in [0.15, 0.2) is 0 Å². The van der Waals surface area contributed by atoms with E-state index in [1.807, 2.05) is 11.3 Å². The van der Waals surface area contributed by atoms with Gasteiger partial charge < -0.3 is 4.74 Å². The van der Waals surface area contributed by atoms with E-state index in [9.17, 15) is 0 Å². The average molecular weight is 385 g/mol. The minimum atomic E-state index is 0.791. The first-order valence-electron chi connectivity index (χ1n) is 10.2. The van der Waals surface area contributed by atoms with Crippen molar-refractivity contribution >= 4 is 53.1 Å². The van der Waals surface area contributed by atoms with Crippen LogP contribution in [-0.2, 0) is 0 Å². The fraction of sp³-hybridized carbons (Fsp3) is 0.231. The molecule has 0 N–H and O–H groups in total. The standard InChI is InChI=1S/C26H24OS/c1-2-3-4-9-14-27-25-21-13-8-7-12-20(21)16-23-22-15-18-10-5-6-11-19(18)17-24(22)28-26(23)25/h5-8,10-13,15-17H,2-4,9,14H2,1H3. The van der Waals surface area contributed by atoms with Crippen molar-refractivity contribution in [2.45, 2.75) is 32.6 Å². The third kappa shape index (κ3) is 3.02. The summed E-state index contributed by atoms with van der Waals surface area (Å²) in [5, 5.41) is 7.72. The summed E-state index contributed by atoms with van der Waals surface area (Å²) in [4.78, 5) is 0. The SMILES string of the molecule is CCCCCCOc1c2ccccc2cc2c1sc1cc3ccccc3cc12. The van der Waals surface area contributed by atoms with Crippen molar-refractivity contribution in [3.05, 3.63) is 66.7 Å². The molecular weight excluding hydrogens is 360 g/mol. The number of fused-ring (bicyclic) bond motifs is 5. The smallest absolute Gasteiger partial charge is 0.144 e.